The third-order valence-electron chi connectivity index (χ3n) is 7.07. The minimum absolute atomic E-state index is 0.223. The van der Waals surface area contributed by atoms with E-state index in [4.69, 9.17) is 10.4 Å². The Kier molecular flexibility index (Phi) is 6.42. The summed E-state index contributed by atoms with van der Waals surface area (Å²) in [5, 5.41) is 23.2. The van der Waals surface area contributed by atoms with Gasteiger partial charge in [0, 0.05) is 41.2 Å². The van der Waals surface area contributed by atoms with Crippen molar-refractivity contribution in [1.29, 1.82) is 5.26 Å². The molecule has 1 aliphatic carbocycles. The van der Waals surface area contributed by atoms with Crippen molar-refractivity contribution in [2.45, 2.75) is 52.0 Å². The van der Waals surface area contributed by atoms with Gasteiger partial charge < -0.3 is 10.6 Å². The van der Waals surface area contributed by atoms with Crippen LogP contribution < -0.4 is 16.0 Å². The van der Waals surface area contributed by atoms with Gasteiger partial charge in [0.05, 0.1) is 34.9 Å². The molecule has 5 aromatic rings. The highest BCUT2D eigenvalue weighted by Gasteiger charge is 2.24. The molecule has 10 heteroatoms. The first-order chi connectivity index (χ1) is 19.7. The molecule has 206 valence electrons. The van der Waals surface area contributed by atoms with Crippen molar-refractivity contribution >= 4 is 29.0 Å². The highest BCUT2D eigenvalue weighted by atomic mass is 16.2. The van der Waals surface area contributed by atoms with Gasteiger partial charge in [0.25, 0.3) is 0 Å². The highest BCUT2D eigenvalue weighted by molar-refractivity contribution is 5.99. The first kappa shape index (κ1) is 26.1. The fourth-order valence-electron chi connectivity index (χ4n) is 4.66. The van der Waals surface area contributed by atoms with Crippen molar-refractivity contribution < 1.29 is 4.79 Å². The summed E-state index contributed by atoms with van der Waals surface area (Å²) in [6.45, 7) is 8.21. The first-order valence-corrected chi connectivity index (χ1v) is 13.6. The second kappa shape index (κ2) is 10.1. The van der Waals surface area contributed by atoms with Gasteiger partial charge in [0.2, 0.25) is 0 Å². The van der Waals surface area contributed by atoms with Crippen molar-refractivity contribution in [3.8, 4) is 23.0 Å². The number of anilines is 3. The lowest BCUT2D eigenvalue weighted by Crippen LogP contribution is -2.21. The number of amides is 2. The molecule has 0 unspecified atom stereocenters. The van der Waals surface area contributed by atoms with E-state index >= 15 is 0 Å². The average molecular weight is 546 g/mol. The number of carbonyl (C=O) groups is 1. The van der Waals surface area contributed by atoms with Gasteiger partial charge >= 0.3 is 6.03 Å². The quantitative estimate of drug-likeness (QED) is 0.231. The van der Waals surface area contributed by atoms with Crippen molar-refractivity contribution in [3.05, 3.63) is 83.9 Å². The van der Waals surface area contributed by atoms with Crippen LogP contribution in [-0.4, -0.2) is 36.2 Å². The van der Waals surface area contributed by atoms with E-state index in [2.05, 4.69) is 52.8 Å². The Bertz CT molecular complexity index is 1800. The normalized spacial score (nSPS) is 13.1. The van der Waals surface area contributed by atoms with E-state index in [9.17, 15) is 4.79 Å². The topological polar surface area (TPSA) is 125 Å². The number of benzene rings is 2. The van der Waals surface area contributed by atoms with Crippen LogP contribution >= 0.6 is 0 Å². The first-order valence-electron chi connectivity index (χ1n) is 13.6. The van der Waals surface area contributed by atoms with Crippen molar-refractivity contribution in [2.24, 2.45) is 0 Å². The number of rotatable bonds is 6. The second-order valence-corrected chi connectivity index (χ2v) is 11.4. The molecule has 1 aliphatic rings. The molecule has 0 aliphatic heterocycles. The molecule has 2 aromatic carbocycles. The molecule has 3 N–H and O–H groups in total. The maximum absolute atomic E-state index is 13.1. The van der Waals surface area contributed by atoms with E-state index in [1.807, 2.05) is 60.1 Å². The summed E-state index contributed by atoms with van der Waals surface area (Å²) in [6.07, 6.45) is 7.90. The summed E-state index contributed by atoms with van der Waals surface area (Å²) in [5.74, 6) is 1.32. The Morgan fingerprint density at radius 1 is 1.05 bits per heavy atom. The summed E-state index contributed by atoms with van der Waals surface area (Å²) < 4.78 is 3.72. The van der Waals surface area contributed by atoms with Crippen LogP contribution in [0.5, 0.6) is 0 Å². The van der Waals surface area contributed by atoms with Gasteiger partial charge in [-0.05, 0) is 61.7 Å². The third kappa shape index (κ3) is 5.34. The number of fused-ring (bicyclic) bond motifs is 1. The number of nitrogens with one attached hydrogen (secondary N) is 3. The molecule has 10 nitrogen and oxygen atoms in total. The van der Waals surface area contributed by atoms with E-state index in [0.29, 0.717) is 23.1 Å². The Balaban J connectivity index is 1.23. The number of hydrogen-bond acceptors (Lipinski definition) is 6. The zero-order chi connectivity index (χ0) is 28.7. The Hall–Kier alpha value is -5.17. The van der Waals surface area contributed by atoms with Gasteiger partial charge in [0.1, 0.15) is 5.82 Å². The van der Waals surface area contributed by atoms with E-state index in [-0.39, 0.29) is 11.4 Å². The van der Waals surface area contributed by atoms with Crippen LogP contribution in [0.4, 0.5) is 22.1 Å². The molecule has 2 amide bonds. The summed E-state index contributed by atoms with van der Waals surface area (Å²) >= 11 is 0. The van der Waals surface area contributed by atoms with Gasteiger partial charge in [0.15, 0.2) is 11.5 Å². The zero-order valence-electron chi connectivity index (χ0n) is 23.4. The summed E-state index contributed by atoms with van der Waals surface area (Å²) in [6, 6.07) is 17.0. The molecule has 3 aromatic heterocycles. The monoisotopic (exact) mass is 545 g/mol. The molecule has 0 radical (unpaired) electrons. The predicted molar refractivity (Wildman–Crippen MR) is 159 cm³/mol. The van der Waals surface area contributed by atoms with Crippen LogP contribution in [0.15, 0.2) is 67.1 Å². The van der Waals surface area contributed by atoms with Gasteiger partial charge in [-0.15, -0.1) is 0 Å². The van der Waals surface area contributed by atoms with Gasteiger partial charge in [-0.3, -0.25) is 9.72 Å². The minimum atomic E-state index is -0.387. The molecule has 1 saturated carbocycles. The molecule has 41 heavy (non-hydrogen) atoms. The Morgan fingerprint density at radius 2 is 1.83 bits per heavy atom. The number of nitrogens with zero attached hydrogens (tertiary/aromatic N) is 6. The smallest absolute Gasteiger partial charge is 0.324 e. The van der Waals surface area contributed by atoms with Crippen LogP contribution in [0.1, 0.15) is 50.4 Å². The molecular formula is C31H31N9O. The third-order valence-corrected chi connectivity index (χ3v) is 7.07. The van der Waals surface area contributed by atoms with E-state index in [0.717, 1.165) is 52.5 Å². The SMILES string of the molecule is Cc1cc(NC(=O)Nc2cc(C(C)(C)C)nn2-c2ccc(C#N)cc2)ccc1-c1cnc(NC2CC2)c2nccn12. The number of aromatic nitrogens is 5. The van der Waals surface area contributed by atoms with E-state index in [1.54, 1.807) is 23.0 Å². The standard InChI is InChI=1S/C31H31N9O/c1-19-15-22(9-12-24(19)25-18-34-28(35-21-7-8-21)29-33-13-14-39(25)29)36-30(41)37-27-16-26(31(2,3)4)38-40(27)23-10-5-20(17-32)6-11-23/h5-6,9-16,18,21H,7-8H2,1-4H3,(H,34,35)(H2,36,37,41). The molecule has 6 rings (SSSR count). The Morgan fingerprint density at radius 3 is 2.51 bits per heavy atom. The lowest BCUT2D eigenvalue weighted by molar-refractivity contribution is 0.262. The van der Waals surface area contributed by atoms with E-state index in [1.165, 1.54) is 0 Å². The molecule has 0 spiro atoms. The van der Waals surface area contributed by atoms with E-state index < -0.39 is 0 Å². The van der Waals surface area contributed by atoms with Crippen LogP contribution in [0.2, 0.25) is 0 Å². The highest BCUT2D eigenvalue weighted by Crippen LogP contribution is 2.31. The second-order valence-electron chi connectivity index (χ2n) is 11.4. The number of urea groups is 1. The lowest BCUT2D eigenvalue weighted by atomic mass is 9.92. The lowest BCUT2D eigenvalue weighted by Gasteiger charge is -2.14. The van der Waals surface area contributed by atoms with Gasteiger partial charge in [-0.25, -0.2) is 19.4 Å². The fraction of sp³-hybridized carbons (Fsp3) is 0.258. The fourth-order valence-corrected chi connectivity index (χ4v) is 4.66. The summed E-state index contributed by atoms with van der Waals surface area (Å²) in [5.41, 5.74) is 6.27. The summed E-state index contributed by atoms with van der Waals surface area (Å²) in [4.78, 5) is 22.3. The molecule has 3 heterocycles. The molecule has 0 atom stereocenters. The van der Waals surface area contributed by atoms with Crippen molar-refractivity contribution in [2.75, 3.05) is 16.0 Å². The van der Waals surface area contributed by atoms with Crippen molar-refractivity contribution in [3.63, 3.8) is 0 Å². The van der Waals surface area contributed by atoms with Gasteiger partial charge in [-0.1, -0.05) is 26.8 Å². The predicted octanol–water partition coefficient (Wildman–Crippen LogP) is 6.28. The number of hydrogen-bond donors (Lipinski definition) is 3. The van der Waals surface area contributed by atoms with Gasteiger partial charge in [-0.2, -0.15) is 10.4 Å². The molecular weight excluding hydrogens is 514 g/mol. The van der Waals surface area contributed by atoms with Crippen LogP contribution in [-0.2, 0) is 5.41 Å². The minimum Gasteiger partial charge on any atom is -0.364 e. The van der Waals surface area contributed by atoms with Crippen LogP contribution in [0, 0.1) is 18.3 Å². The molecule has 0 saturated heterocycles. The van der Waals surface area contributed by atoms with Crippen molar-refractivity contribution in [1.82, 2.24) is 24.1 Å². The average Bonchev–Trinajstić information content (AvgIpc) is 3.42. The Labute approximate surface area is 238 Å². The maximum Gasteiger partial charge on any atom is 0.324 e. The molecule has 1 fully saturated rings. The zero-order valence-corrected chi connectivity index (χ0v) is 23.4. The molecule has 0 bridgehead atoms. The number of imidazole rings is 1. The van der Waals surface area contributed by atoms with Crippen LogP contribution in [0.25, 0.3) is 22.6 Å². The number of carbonyl (C=O) groups excluding carboxylic acids is 1. The summed E-state index contributed by atoms with van der Waals surface area (Å²) in [7, 11) is 0. The maximum atomic E-state index is 13.1. The number of aryl methyl sites for hydroxylation is 1. The van der Waals surface area contributed by atoms with Crippen LogP contribution in [0.3, 0.4) is 0 Å². The number of nitriles is 1. The largest absolute Gasteiger partial charge is 0.364 e.